The fourth-order valence-electron chi connectivity index (χ4n) is 4.79. The fraction of sp³-hybridized carbons (Fsp3) is 0.241. The van der Waals surface area contributed by atoms with Gasteiger partial charge < -0.3 is 19.7 Å². The van der Waals surface area contributed by atoms with E-state index >= 15 is 0 Å². The summed E-state index contributed by atoms with van der Waals surface area (Å²) in [5.41, 5.74) is 2.46. The van der Waals surface area contributed by atoms with Crippen LogP contribution in [0.4, 0.5) is 14.5 Å². The molecule has 1 aliphatic heterocycles. The lowest BCUT2D eigenvalue weighted by Gasteiger charge is -2.34. The van der Waals surface area contributed by atoms with Crippen LogP contribution in [-0.4, -0.2) is 58.9 Å². The first-order chi connectivity index (χ1) is 17.9. The lowest BCUT2D eigenvalue weighted by molar-refractivity contribution is 0.0633. The molecule has 5 rings (SSSR count). The zero-order chi connectivity index (χ0) is 25.9. The summed E-state index contributed by atoms with van der Waals surface area (Å²) >= 11 is 0. The number of aromatic nitrogens is 1. The van der Waals surface area contributed by atoms with E-state index in [2.05, 4.69) is 17.1 Å². The molecule has 1 fully saturated rings. The molecule has 0 bridgehead atoms. The Hall–Kier alpha value is -4.04. The van der Waals surface area contributed by atoms with Crippen molar-refractivity contribution in [1.82, 2.24) is 14.4 Å². The molecule has 6 nitrogen and oxygen atoms in total. The number of hydrogen-bond acceptors (Lipinski definition) is 3. The molecular weight excluding hydrogens is 474 g/mol. The number of fused-ring (bicyclic) bond motifs is 1. The van der Waals surface area contributed by atoms with Gasteiger partial charge >= 0.3 is 0 Å². The molecule has 0 aliphatic carbocycles. The highest BCUT2D eigenvalue weighted by atomic mass is 19.1. The lowest BCUT2D eigenvalue weighted by Crippen LogP contribution is -2.48. The molecule has 3 aromatic carbocycles. The zero-order valence-electron chi connectivity index (χ0n) is 20.6. The molecule has 2 heterocycles. The first-order valence-corrected chi connectivity index (χ1v) is 12.4. The number of anilines is 1. The van der Waals surface area contributed by atoms with Crippen LogP contribution in [0.1, 0.15) is 33.3 Å². The van der Waals surface area contributed by atoms with Crippen molar-refractivity contribution < 1.29 is 18.4 Å². The van der Waals surface area contributed by atoms with Crippen LogP contribution in [0.5, 0.6) is 0 Å². The summed E-state index contributed by atoms with van der Waals surface area (Å²) in [5.74, 6) is -1.57. The number of piperazine rings is 1. The molecule has 0 radical (unpaired) electrons. The van der Waals surface area contributed by atoms with E-state index in [-0.39, 0.29) is 17.3 Å². The predicted octanol–water partition coefficient (Wildman–Crippen LogP) is 5.00. The Morgan fingerprint density at radius 3 is 2.41 bits per heavy atom. The van der Waals surface area contributed by atoms with Crippen molar-refractivity contribution in [3.63, 3.8) is 0 Å². The molecule has 0 spiro atoms. The van der Waals surface area contributed by atoms with E-state index in [1.165, 1.54) is 30.3 Å². The zero-order valence-corrected chi connectivity index (χ0v) is 20.6. The average molecular weight is 503 g/mol. The van der Waals surface area contributed by atoms with Crippen LogP contribution in [0.2, 0.25) is 0 Å². The second-order valence-electron chi connectivity index (χ2n) is 9.18. The van der Waals surface area contributed by atoms with Gasteiger partial charge in [-0.1, -0.05) is 31.2 Å². The van der Waals surface area contributed by atoms with Crippen molar-refractivity contribution >= 4 is 28.4 Å². The number of amides is 2. The van der Waals surface area contributed by atoms with E-state index < -0.39 is 11.7 Å². The van der Waals surface area contributed by atoms with Gasteiger partial charge in [-0.2, -0.15) is 0 Å². The van der Waals surface area contributed by atoms with Crippen LogP contribution in [0.25, 0.3) is 10.9 Å². The maximum Gasteiger partial charge on any atom is 0.270 e. The third-order valence-corrected chi connectivity index (χ3v) is 6.83. The van der Waals surface area contributed by atoms with Crippen molar-refractivity contribution in [3.8, 4) is 0 Å². The number of rotatable bonds is 6. The summed E-state index contributed by atoms with van der Waals surface area (Å²) in [7, 11) is 0. The summed E-state index contributed by atoms with van der Waals surface area (Å²) in [6, 6.07) is 19.2. The number of nitrogens with one attached hydrogen (secondary N) is 1. The van der Waals surface area contributed by atoms with Crippen LogP contribution in [0.3, 0.4) is 0 Å². The summed E-state index contributed by atoms with van der Waals surface area (Å²) in [4.78, 5) is 30.4. The predicted molar refractivity (Wildman–Crippen MR) is 140 cm³/mol. The summed E-state index contributed by atoms with van der Waals surface area (Å²) in [6.45, 7) is 6.28. The summed E-state index contributed by atoms with van der Waals surface area (Å²) in [6.07, 6.45) is 0. The van der Waals surface area contributed by atoms with Gasteiger partial charge in [0.1, 0.15) is 17.3 Å². The van der Waals surface area contributed by atoms with E-state index in [0.29, 0.717) is 31.0 Å². The number of likely N-dealkylation sites (N-methyl/N-ethyl adjacent to an activating group) is 1. The quantitative estimate of drug-likeness (QED) is 0.404. The Bertz CT molecular complexity index is 1460. The van der Waals surface area contributed by atoms with Crippen LogP contribution in [0, 0.1) is 11.6 Å². The molecule has 1 aromatic heterocycles. The van der Waals surface area contributed by atoms with Gasteiger partial charge in [0.25, 0.3) is 11.8 Å². The van der Waals surface area contributed by atoms with Crippen molar-refractivity contribution in [2.45, 2.75) is 13.5 Å². The largest absolute Gasteiger partial charge is 0.335 e. The smallest absolute Gasteiger partial charge is 0.270 e. The number of carbonyl (C=O) groups excluding carboxylic acids is 2. The number of hydrogen-bond donors (Lipinski definition) is 1. The first kappa shape index (κ1) is 24.6. The van der Waals surface area contributed by atoms with Crippen molar-refractivity contribution in [3.05, 3.63) is 101 Å². The van der Waals surface area contributed by atoms with Crippen molar-refractivity contribution in [1.29, 1.82) is 0 Å². The Morgan fingerprint density at radius 1 is 0.892 bits per heavy atom. The standard InChI is InChI=1S/C29H28F2N4O2/c1-2-33-12-14-34(15-13-33)29(37)27-18-21-17-23(32-28(36)24-8-3-4-9-25(24)31)10-11-26(21)35(27)19-20-6-5-7-22(30)16-20/h3-11,16-18H,2,12-15,19H2,1H3,(H,32,36). The lowest BCUT2D eigenvalue weighted by atomic mass is 10.1. The maximum atomic E-state index is 14.1. The number of benzene rings is 3. The Balaban J connectivity index is 1.49. The van der Waals surface area contributed by atoms with E-state index in [4.69, 9.17) is 0 Å². The van der Waals surface area contributed by atoms with Gasteiger partial charge in [0.05, 0.1) is 5.56 Å². The number of nitrogens with zero attached hydrogens (tertiary/aromatic N) is 3. The Labute approximate surface area is 214 Å². The summed E-state index contributed by atoms with van der Waals surface area (Å²) < 4.78 is 29.9. The Morgan fingerprint density at radius 2 is 1.68 bits per heavy atom. The highest BCUT2D eigenvalue weighted by molar-refractivity contribution is 6.06. The molecule has 1 N–H and O–H groups in total. The van der Waals surface area contributed by atoms with E-state index in [0.717, 1.165) is 36.1 Å². The number of halogens is 2. The van der Waals surface area contributed by atoms with Crippen LogP contribution in [-0.2, 0) is 6.54 Å². The first-order valence-electron chi connectivity index (χ1n) is 12.4. The van der Waals surface area contributed by atoms with Gasteiger partial charge in [-0.25, -0.2) is 8.78 Å². The fourth-order valence-corrected chi connectivity index (χ4v) is 4.79. The minimum Gasteiger partial charge on any atom is -0.335 e. The topological polar surface area (TPSA) is 57.6 Å². The molecule has 8 heteroatoms. The van der Waals surface area contributed by atoms with Gasteiger partial charge in [-0.15, -0.1) is 0 Å². The molecule has 190 valence electrons. The third kappa shape index (κ3) is 5.24. The van der Waals surface area contributed by atoms with Gasteiger partial charge in [0, 0.05) is 49.3 Å². The molecule has 4 aromatic rings. The van der Waals surface area contributed by atoms with Crippen LogP contribution >= 0.6 is 0 Å². The number of carbonyl (C=O) groups is 2. The maximum absolute atomic E-state index is 14.1. The highest BCUT2D eigenvalue weighted by Gasteiger charge is 2.25. The van der Waals surface area contributed by atoms with Gasteiger partial charge in [0.15, 0.2) is 0 Å². The molecule has 37 heavy (non-hydrogen) atoms. The molecule has 2 amide bonds. The second-order valence-corrected chi connectivity index (χ2v) is 9.18. The highest BCUT2D eigenvalue weighted by Crippen LogP contribution is 2.27. The van der Waals surface area contributed by atoms with Crippen molar-refractivity contribution in [2.24, 2.45) is 0 Å². The van der Waals surface area contributed by atoms with Crippen LogP contribution in [0.15, 0.2) is 72.8 Å². The van der Waals surface area contributed by atoms with E-state index in [9.17, 15) is 18.4 Å². The molecule has 0 atom stereocenters. The van der Waals surface area contributed by atoms with Gasteiger partial charge in [0.2, 0.25) is 0 Å². The normalized spacial score (nSPS) is 14.2. The molecule has 0 saturated carbocycles. The molecular formula is C29H28F2N4O2. The van der Waals surface area contributed by atoms with E-state index in [1.54, 1.807) is 24.3 Å². The Kier molecular flexibility index (Phi) is 7.01. The molecule has 1 saturated heterocycles. The molecule has 1 aliphatic rings. The van der Waals surface area contributed by atoms with Crippen LogP contribution < -0.4 is 5.32 Å². The summed E-state index contributed by atoms with van der Waals surface area (Å²) in [5, 5.41) is 3.49. The monoisotopic (exact) mass is 502 g/mol. The third-order valence-electron chi connectivity index (χ3n) is 6.83. The minimum atomic E-state index is -0.599. The second kappa shape index (κ2) is 10.5. The van der Waals surface area contributed by atoms with E-state index in [1.807, 2.05) is 27.7 Å². The minimum absolute atomic E-state index is 0.0478. The molecule has 0 unspecified atom stereocenters. The SMILES string of the molecule is CCN1CCN(C(=O)c2cc3cc(NC(=O)c4ccccc4F)ccc3n2Cc2cccc(F)c2)CC1. The van der Waals surface area contributed by atoms with Gasteiger partial charge in [-0.05, 0) is 60.6 Å². The van der Waals surface area contributed by atoms with Gasteiger partial charge in [-0.3, -0.25) is 9.59 Å². The van der Waals surface area contributed by atoms with Crippen molar-refractivity contribution in [2.75, 3.05) is 38.0 Å². The average Bonchev–Trinajstić information content (AvgIpc) is 3.25.